The molecule has 5 aromatic carbocycles. The van der Waals surface area contributed by atoms with Gasteiger partial charge in [-0.05, 0) is 47.5 Å². The van der Waals surface area contributed by atoms with Gasteiger partial charge < -0.3 is 9.05 Å². The molecule has 0 aliphatic carbocycles. The van der Waals surface area contributed by atoms with E-state index in [0.29, 0.717) is 22.1 Å². The Kier molecular flexibility index (Phi) is 7.94. The maximum Gasteiger partial charge on any atom is 0.281 e. The smallest absolute Gasteiger partial charge is 0.281 e. The minimum atomic E-state index is -3.42. The quantitative estimate of drug-likeness (QED) is 0.169. The Morgan fingerprint density at radius 1 is 0.395 bits per heavy atom. The Morgan fingerprint density at radius 3 is 1.03 bits per heavy atom. The molecular weight excluding hydrogens is 510 g/mol. The van der Waals surface area contributed by atoms with Gasteiger partial charge in [0.25, 0.3) is 14.7 Å². The van der Waals surface area contributed by atoms with E-state index < -0.39 is 14.7 Å². The Bertz CT molecular complexity index is 1440. The number of hydrogen-bond acceptors (Lipinski definition) is 4. The van der Waals surface area contributed by atoms with E-state index in [9.17, 15) is 9.13 Å². The molecule has 2 unspecified atom stereocenters. The van der Waals surface area contributed by atoms with Crippen LogP contribution in [0.15, 0.2) is 146 Å². The Labute approximate surface area is 223 Å². The molecule has 0 amide bonds. The SMILES string of the molecule is O=P(Cc1ccccc1)(Oc1ccccc1OP(=O)(Cc1ccccc1)c1ccccc1)c1ccccc1. The highest BCUT2D eigenvalue weighted by Gasteiger charge is 2.32. The summed E-state index contributed by atoms with van der Waals surface area (Å²) in [6, 6.07) is 44.7. The first-order valence-corrected chi connectivity index (χ1v) is 16.0. The van der Waals surface area contributed by atoms with E-state index in [0.717, 1.165) is 11.1 Å². The van der Waals surface area contributed by atoms with Crippen LogP contribution in [0, 0.1) is 0 Å². The first-order chi connectivity index (χ1) is 18.5. The molecule has 0 bridgehead atoms. The third-order valence-corrected chi connectivity index (χ3v) is 10.8. The highest BCUT2D eigenvalue weighted by atomic mass is 31.2. The second-order valence-corrected chi connectivity index (χ2v) is 13.7. The van der Waals surface area contributed by atoms with Crippen molar-refractivity contribution in [2.24, 2.45) is 0 Å². The van der Waals surface area contributed by atoms with Gasteiger partial charge in [0.05, 0.1) is 12.3 Å². The summed E-state index contributed by atoms with van der Waals surface area (Å²) in [5.41, 5.74) is 1.80. The van der Waals surface area contributed by atoms with Crippen molar-refractivity contribution in [3.05, 3.63) is 157 Å². The van der Waals surface area contributed by atoms with Crippen LogP contribution in [0.4, 0.5) is 0 Å². The maximum atomic E-state index is 14.5. The van der Waals surface area contributed by atoms with Crippen LogP contribution in [0.5, 0.6) is 11.5 Å². The average Bonchev–Trinajstić information content (AvgIpc) is 2.96. The standard InChI is InChI=1S/C32H28O4P2/c33-37(29-19-9-3-10-20-29,25-27-15-5-1-6-16-27)35-31-23-13-14-24-32(31)36-38(34,30-21-11-4-12-22-30)26-28-17-7-2-8-18-28/h1-24H,25-26H2. The molecule has 0 fully saturated rings. The molecule has 0 saturated heterocycles. The topological polar surface area (TPSA) is 52.6 Å². The summed E-state index contributed by atoms with van der Waals surface area (Å²) in [6.07, 6.45) is 0.430. The van der Waals surface area contributed by atoms with Crippen LogP contribution in [-0.2, 0) is 21.5 Å². The van der Waals surface area contributed by atoms with Gasteiger partial charge in [-0.2, -0.15) is 0 Å². The predicted molar refractivity (Wildman–Crippen MR) is 155 cm³/mol. The average molecular weight is 539 g/mol. The Morgan fingerprint density at radius 2 is 0.684 bits per heavy atom. The second-order valence-electron chi connectivity index (χ2n) is 8.93. The van der Waals surface area contributed by atoms with Crippen molar-refractivity contribution >= 4 is 25.3 Å². The molecule has 0 N–H and O–H groups in total. The molecule has 0 saturated carbocycles. The van der Waals surface area contributed by atoms with Gasteiger partial charge in [-0.15, -0.1) is 0 Å². The van der Waals surface area contributed by atoms with E-state index >= 15 is 0 Å². The van der Waals surface area contributed by atoms with Crippen LogP contribution in [0.3, 0.4) is 0 Å². The number of para-hydroxylation sites is 2. The predicted octanol–water partition coefficient (Wildman–Crippen LogP) is 8.05. The van der Waals surface area contributed by atoms with E-state index in [1.54, 1.807) is 24.3 Å². The lowest BCUT2D eigenvalue weighted by molar-refractivity contribution is 0.455. The highest BCUT2D eigenvalue weighted by Crippen LogP contribution is 2.55. The zero-order valence-corrected chi connectivity index (χ0v) is 22.6. The molecule has 0 radical (unpaired) electrons. The number of benzene rings is 5. The zero-order valence-electron chi connectivity index (χ0n) is 20.8. The summed E-state index contributed by atoms with van der Waals surface area (Å²) < 4.78 is 41.7. The van der Waals surface area contributed by atoms with Gasteiger partial charge in [0.2, 0.25) is 0 Å². The van der Waals surface area contributed by atoms with Crippen molar-refractivity contribution in [2.45, 2.75) is 12.3 Å². The lowest BCUT2D eigenvalue weighted by Crippen LogP contribution is -2.14. The van der Waals surface area contributed by atoms with E-state index in [1.165, 1.54) is 0 Å². The van der Waals surface area contributed by atoms with Gasteiger partial charge in [-0.3, -0.25) is 9.13 Å². The minimum absolute atomic E-state index is 0.215. The molecular formula is C32H28O4P2. The Hall–Kier alpha value is -3.84. The fourth-order valence-electron chi connectivity index (χ4n) is 4.23. The van der Waals surface area contributed by atoms with Gasteiger partial charge in [0.15, 0.2) is 11.5 Å². The Balaban J connectivity index is 1.53. The summed E-state index contributed by atoms with van der Waals surface area (Å²) in [6.45, 7) is 0. The lowest BCUT2D eigenvalue weighted by atomic mass is 10.2. The van der Waals surface area contributed by atoms with E-state index in [-0.39, 0.29) is 12.3 Å². The maximum absolute atomic E-state index is 14.5. The van der Waals surface area contributed by atoms with Crippen molar-refractivity contribution in [3.8, 4) is 11.5 Å². The van der Waals surface area contributed by atoms with Gasteiger partial charge in [-0.25, -0.2) is 0 Å². The van der Waals surface area contributed by atoms with Crippen LogP contribution < -0.4 is 19.7 Å². The molecule has 0 aliphatic rings. The van der Waals surface area contributed by atoms with E-state index in [4.69, 9.17) is 9.05 Å². The molecule has 5 aromatic rings. The van der Waals surface area contributed by atoms with E-state index in [2.05, 4.69) is 0 Å². The summed E-state index contributed by atoms with van der Waals surface area (Å²) in [4.78, 5) is 0. The van der Waals surface area contributed by atoms with Crippen LogP contribution in [0.25, 0.3) is 0 Å². The molecule has 5 rings (SSSR count). The van der Waals surface area contributed by atoms with Crippen molar-refractivity contribution < 1.29 is 18.2 Å². The van der Waals surface area contributed by atoms with Gasteiger partial charge in [-0.1, -0.05) is 109 Å². The molecule has 6 heteroatoms. The van der Waals surface area contributed by atoms with Gasteiger partial charge in [0, 0.05) is 10.6 Å². The van der Waals surface area contributed by atoms with Crippen LogP contribution >= 0.6 is 14.7 Å². The molecule has 0 aliphatic heterocycles. The van der Waals surface area contributed by atoms with E-state index in [1.807, 2.05) is 121 Å². The number of hydrogen-bond donors (Lipinski definition) is 0. The first-order valence-electron chi connectivity index (χ1n) is 12.4. The third kappa shape index (κ3) is 6.17. The summed E-state index contributed by atoms with van der Waals surface area (Å²) in [5, 5.41) is 1.21. The lowest BCUT2D eigenvalue weighted by Gasteiger charge is -2.25. The molecule has 2 atom stereocenters. The van der Waals surface area contributed by atoms with Crippen molar-refractivity contribution in [1.29, 1.82) is 0 Å². The zero-order chi connectivity index (χ0) is 26.3. The fourth-order valence-corrected chi connectivity index (χ4v) is 8.51. The summed E-state index contributed by atoms with van der Waals surface area (Å²) >= 11 is 0. The van der Waals surface area contributed by atoms with Crippen LogP contribution in [0.2, 0.25) is 0 Å². The van der Waals surface area contributed by atoms with Crippen molar-refractivity contribution in [3.63, 3.8) is 0 Å². The monoisotopic (exact) mass is 538 g/mol. The molecule has 38 heavy (non-hydrogen) atoms. The summed E-state index contributed by atoms with van der Waals surface area (Å²) in [7, 11) is -6.83. The highest BCUT2D eigenvalue weighted by molar-refractivity contribution is 7.67. The normalized spacial score (nSPS) is 14.1. The minimum Gasteiger partial charge on any atom is -0.436 e. The fraction of sp³-hybridized carbons (Fsp3) is 0.0625. The van der Waals surface area contributed by atoms with Crippen molar-refractivity contribution in [2.75, 3.05) is 0 Å². The summed E-state index contributed by atoms with van der Waals surface area (Å²) in [5.74, 6) is 0.583. The molecule has 4 nitrogen and oxygen atoms in total. The molecule has 190 valence electrons. The van der Waals surface area contributed by atoms with Gasteiger partial charge in [0.1, 0.15) is 0 Å². The van der Waals surface area contributed by atoms with Gasteiger partial charge >= 0.3 is 0 Å². The van der Waals surface area contributed by atoms with Crippen LogP contribution in [0.1, 0.15) is 11.1 Å². The first kappa shape index (κ1) is 25.8. The molecule has 0 heterocycles. The second kappa shape index (κ2) is 11.7. The third-order valence-electron chi connectivity index (χ3n) is 6.11. The number of rotatable bonds is 10. The van der Waals surface area contributed by atoms with Crippen LogP contribution in [-0.4, -0.2) is 0 Å². The molecule has 0 aromatic heterocycles. The van der Waals surface area contributed by atoms with Crippen molar-refractivity contribution in [1.82, 2.24) is 0 Å². The molecule has 0 spiro atoms. The largest absolute Gasteiger partial charge is 0.436 e.